The Hall–Kier alpha value is -0.560. The highest BCUT2D eigenvalue weighted by molar-refractivity contribution is 5.38. The molecule has 1 heteroatoms. The van der Waals surface area contributed by atoms with E-state index in [0.29, 0.717) is 5.92 Å². The zero-order valence-electron chi connectivity index (χ0n) is 14.6. The zero-order valence-corrected chi connectivity index (χ0v) is 14.6. The van der Waals surface area contributed by atoms with Crippen LogP contribution in [0.1, 0.15) is 59.8 Å². The molecule has 0 aromatic heterocycles. The first-order chi connectivity index (χ1) is 9.49. The van der Waals surface area contributed by atoms with E-state index >= 15 is 0 Å². The Kier molecular flexibility index (Phi) is 7.58. The molecule has 1 rings (SSSR count). The van der Waals surface area contributed by atoms with Crippen molar-refractivity contribution in [2.75, 3.05) is 20.6 Å². The van der Waals surface area contributed by atoms with E-state index in [9.17, 15) is 0 Å². The van der Waals surface area contributed by atoms with Crippen LogP contribution in [-0.2, 0) is 0 Å². The van der Waals surface area contributed by atoms with Gasteiger partial charge in [-0.3, -0.25) is 0 Å². The summed E-state index contributed by atoms with van der Waals surface area (Å²) in [6.45, 7) is 10.6. The lowest BCUT2D eigenvalue weighted by Crippen LogP contribution is -2.17. The van der Waals surface area contributed by atoms with E-state index in [1.54, 1.807) is 11.1 Å². The number of allylic oxidation sites excluding steroid dienone is 4. The normalized spacial score (nSPS) is 21.9. The highest BCUT2D eigenvalue weighted by Gasteiger charge is 2.24. The van der Waals surface area contributed by atoms with Gasteiger partial charge in [-0.1, -0.05) is 58.3 Å². The molecule has 0 N–H and O–H groups in total. The van der Waals surface area contributed by atoms with Gasteiger partial charge in [-0.2, -0.15) is 0 Å². The van der Waals surface area contributed by atoms with Crippen molar-refractivity contribution in [3.05, 3.63) is 23.3 Å². The molecule has 116 valence electrons. The average Bonchev–Trinajstić information content (AvgIpc) is 2.81. The van der Waals surface area contributed by atoms with E-state index in [1.165, 1.54) is 38.6 Å². The van der Waals surface area contributed by atoms with Crippen LogP contribution in [0.15, 0.2) is 23.3 Å². The molecule has 0 amide bonds. The third-order valence-corrected chi connectivity index (χ3v) is 4.62. The molecule has 0 aromatic rings. The van der Waals surface area contributed by atoms with Crippen molar-refractivity contribution in [2.24, 2.45) is 17.8 Å². The van der Waals surface area contributed by atoms with Gasteiger partial charge in [0.05, 0.1) is 0 Å². The molecule has 0 spiro atoms. The molecule has 20 heavy (non-hydrogen) atoms. The molecule has 3 atom stereocenters. The van der Waals surface area contributed by atoms with Crippen molar-refractivity contribution in [3.63, 3.8) is 0 Å². The van der Waals surface area contributed by atoms with E-state index in [-0.39, 0.29) is 0 Å². The van der Waals surface area contributed by atoms with Crippen molar-refractivity contribution >= 4 is 0 Å². The van der Waals surface area contributed by atoms with Gasteiger partial charge < -0.3 is 4.90 Å². The minimum absolute atomic E-state index is 0.688. The fourth-order valence-electron chi connectivity index (χ4n) is 3.34. The van der Waals surface area contributed by atoms with E-state index in [1.807, 2.05) is 0 Å². The second kappa shape index (κ2) is 8.67. The molecule has 0 fully saturated rings. The Labute approximate surface area is 127 Å². The maximum Gasteiger partial charge on any atom is 0.0000685 e. The van der Waals surface area contributed by atoms with Gasteiger partial charge in [0, 0.05) is 5.92 Å². The van der Waals surface area contributed by atoms with Crippen molar-refractivity contribution in [1.82, 2.24) is 4.90 Å². The summed E-state index contributed by atoms with van der Waals surface area (Å²) in [5.74, 6) is 2.16. The lowest BCUT2D eigenvalue weighted by atomic mass is 9.87. The first kappa shape index (κ1) is 17.5. The van der Waals surface area contributed by atoms with Gasteiger partial charge in [0.2, 0.25) is 0 Å². The molecule has 0 heterocycles. The van der Waals surface area contributed by atoms with Crippen LogP contribution in [0, 0.1) is 17.8 Å². The third-order valence-electron chi connectivity index (χ3n) is 4.62. The Morgan fingerprint density at radius 1 is 1.05 bits per heavy atom. The summed E-state index contributed by atoms with van der Waals surface area (Å²) < 4.78 is 0. The molecular weight excluding hydrogens is 242 g/mol. The highest BCUT2D eigenvalue weighted by Crippen LogP contribution is 2.37. The number of hydrogen-bond donors (Lipinski definition) is 0. The van der Waals surface area contributed by atoms with Crippen molar-refractivity contribution in [1.29, 1.82) is 0 Å². The van der Waals surface area contributed by atoms with Crippen LogP contribution < -0.4 is 0 Å². The first-order valence-electron chi connectivity index (χ1n) is 8.57. The fraction of sp³-hybridized carbons (Fsp3) is 0.789. The predicted octanol–water partition coefficient (Wildman–Crippen LogP) is 5.29. The maximum absolute atomic E-state index is 2.57. The van der Waals surface area contributed by atoms with Crippen LogP contribution >= 0.6 is 0 Å². The van der Waals surface area contributed by atoms with E-state index < -0.39 is 0 Å². The van der Waals surface area contributed by atoms with Crippen LogP contribution in [0.3, 0.4) is 0 Å². The van der Waals surface area contributed by atoms with Crippen LogP contribution in [0.4, 0.5) is 0 Å². The molecular formula is C19H35N. The Balaban J connectivity index is 2.78. The second-order valence-corrected chi connectivity index (χ2v) is 6.89. The summed E-state index contributed by atoms with van der Waals surface area (Å²) in [6, 6.07) is 0. The van der Waals surface area contributed by atoms with E-state index in [2.05, 4.69) is 58.8 Å². The quantitative estimate of drug-likeness (QED) is 0.553. The lowest BCUT2D eigenvalue weighted by Gasteiger charge is -2.21. The van der Waals surface area contributed by atoms with Crippen LogP contribution in [0.25, 0.3) is 0 Å². The van der Waals surface area contributed by atoms with Gasteiger partial charge in [0.1, 0.15) is 0 Å². The second-order valence-electron chi connectivity index (χ2n) is 6.89. The number of rotatable bonds is 9. The molecule has 0 radical (unpaired) electrons. The molecule has 1 aliphatic carbocycles. The topological polar surface area (TPSA) is 3.24 Å². The van der Waals surface area contributed by atoms with Crippen molar-refractivity contribution in [2.45, 2.75) is 59.8 Å². The summed E-state index contributed by atoms with van der Waals surface area (Å²) in [4.78, 5) is 2.31. The third kappa shape index (κ3) is 5.09. The Morgan fingerprint density at radius 2 is 1.65 bits per heavy atom. The molecule has 1 aliphatic rings. The monoisotopic (exact) mass is 277 g/mol. The van der Waals surface area contributed by atoms with Crippen LogP contribution in [0.5, 0.6) is 0 Å². The summed E-state index contributed by atoms with van der Waals surface area (Å²) in [6.07, 6.45) is 11.6. The number of nitrogens with zero attached hydrogens (tertiary/aromatic N) is 1. The van der Waals surface area contributed by atoms with E-state index in [0.717, 1.165) is 11.8 Å². The van der Waals surface area contributed by atoms with Crippen LogP contribution in [0.2, 0.25) is 0 Å². The zero-order chi connectivity index (χ0) is 15.1. The van der Waals surface area contributed by atoms with Gasteiger partial charge in [0.25, 0.3) is 0 Å². The molecule has 1 nitrogen and oxygen atoms in total. The summed E-state index contributed by atoms with van der Waals surface area (Å²) in [5, 5.41) is 0. The summed E-state index contributed by atoms with van der Waals surface area (Å²) >= 11 is 0. The highest BCUT2D eigenvalue weighted by atomic mass is 15.0. The average molecular weight is 277 g/mol. The van der Waals surface area contributed by atoms with Gasteiger partial charge >= 0.3 is 0 Å². The first-order valence-corrected chi connectivity index (χ1v) is 8.57. The minimum atomic E-state index is 0.688. The maximum atomic E-state index is 2.57. The Morgan fingerprint density at radius 3 is 2.20 bits per heavy atom. The van der Waals surface area contributed by atoms with Gasteiger partial charge in [0.15, 0.2) is 0 Å². The molecule has 0 saturated heterocycles. The molecule has 0 aliphatic heterocycles. The predicted molar refractivity (Wildman–Crippen MR) is 91.0 cm³/mol. The van der Waals surface area contributed by atoms with Crippen molar-refractivity contribution in [3.8, 4) is 0 Å². The molecule has 3 unspecified atom stereocenters. The largest absolute Gasteiger partial charge is 0.309 e. The SMILES string of the molecule is CCCC(C)C1=CC(CCN(C)C)C(C(C)CCC)=C1. The summed E-state index contributed by atoms with van der Waals surface area (Å²) in [5.41, 5.74) is 3.31. The van der Waals surface area contributed by atoms with Gasteiger partial charge in [-0.25, -0.2) is 0 Å². The standard InChI is InChI=1S/C19H35N/c1-7-9-15(3)18-13-17(11-12-20(5)6)19(14-18)16(4)10-8-2/h13-17H,7-12H2,1-6H3. The smallest absolute Gasteiger partial charge is 0.0000685 e. The van der Waals surface area contributed by atoms with Gasteiger partial charge in [-0.15, -0.1) is 0 Å². The lowest BCUT2D eigenvalue weighted by molar-refractivity contribution is 0.377. The van der Waals surface area contributed by atoms with Crippen molar-refractivity contribution < 1.29 is 0 Å². The fourth-order valence-corrected chi connectivity index (χ4v) is 3.34. The minimum Gasteiger partial charge on any atom is -0.309 e. The van der Waals surface area contributed by atoms with E-state index in [4.69, 9.17) is 0 Å². The molecule has 0 saturated carbocycles. The molecule has 0 aromatic carbocycles. The Bertz CT molecular complexity index is 338. The number of hydrogen-bond acceptors (Lipinski definition) is 1. The molecule has 0 bridgehead atoms. The van der Waals surface area contributed by atoms with Crippen LogP contribution in [-0.4, -0.2) is 25.5 Å². The summed E-state index contributed by atoms with van der Waals surface area (Å²) in [7, 11) is 4.36. The van der Waals surface area contributed by atoms with Gasteiger partial charge in [-0.05, 0) is 57.3 Å².